The van der Waals surface area contributed by atoms with Gasteiger partial charge in [0.2, 0.25) is 5.91 Å². The van der Waals surface area contributed by atoms with Crippen LogP contribution in [0.25, 0.3) is 10.2 Å². The second-order valence-corrected chi connectivity index (χ2v) is 11.7. The number of nitrogens with one attached hydrogen (secondary N) is 1. The van der Waals surface area contributed by atoms with E-state index in [2.05, 4.69) is 10.3 Å². The minimum Gasteiger partial charge on any atom is -0.496 e. The van der Waals surface area contributed by atoms with Crippen molar-refractivity contribution < 1.29 is 28.2 Å². The lowest BCUT2D eigenvalue weighted by atomic mass is 10.0. The Balaban J connectivity index is 2.38. The number of rotatable bonds is 13. The molecule has 0 aliphatic carbocycles. The predicted molar refractivity (Wildman–Crippen MR) is 164 cm³/mol. The Hall–Kier alpha value is -3.84. The molecule has 0 saturated heterocycles. The van der Waals surface area contributed by atoms with Crippen molar-refractivity contribution in [3.05, 3.63) is 60.9 Å². The molecule has 1 aromatic carbocycles. The van der Waals surface area contributed by atoms with Crippen molar-refractivity contribution in [1.29, 1.82) is 0 Å². The van der Waals surface area contributed by atoms with Gasteiger partial charge in [0, 0.05) is 31.3 Å². The second-order valence-electron chi connectivity index (χ2n) is 10.7. The SMILES string of the molecule is CCOC(=O)c1sc2c(c1C)c(=O)n(C(C)(C)C(=O)NC(C)C)c(=O)n2C[C@H](OCCC=NC)c1cc(F)ccc1OC. The van der Waals surface area contributed by atoms with Gasteiger partial charge in [-0.2, -0.15) is 0 Å². The summed E-state index contributed by atoms with van der Waals surface area (Å²) in [4.78, 5) is 58.7. The lowest BCUT2D eigenvalue weighted by molar-refractivity contribution is -0.129. The number of ether oxygens (including phenoxy) is 3. The molecule has 3 rings (SSSR count). The number of aromatic nitrogens is 2. The first-order valence-electron chi connectivity index (χ1n) is 13.9. The van der Waals surface area contributed by atoms with Crippen molar-refractivity contribution in [3.63, 3.8) is 0 Å². The number of thiophene rings is 1. The van der Waals surface area contributed by atoms with E-state index in [1.54, 1.807) is 41.0 Å². The molecule has 0 saturated carbocycles. The van der Waals surface area contributed by atoms with Gasteiger partial charge in [0.15, 0.2) is 0 Å². The summed E-state index contributed by atoms with van der Waals surface area (Å²) < 4.78 is 33.6. The van der Waals surface area contributed by atoms with Gasteiger partial charge < -0.3 is 24.5 Å². The van der Waals surface area contributed by atoms with Crippen molar-refractivity contribution in [3.8, 4) is 5.75 Å². The van der Waals surface area contributed by atoms with Crippen LogP contribution in [0.4, 0.5) is 4.39 Å². The van der Waals surface area contributed by atoms with E-state index in [0.717, 1.165) is 15.9 Å². The molecule has 0 aliphatic rings. The number of carbonyl (C=O) groups is 2. The molecule has 0 radical (unpaired) electrons. The molecule has 2 aromatic heterocycles. The number of carbonyl (C=O) groups excluding carboxylic acids is 2. The minimum atomic E-state index is -1.61. The van der Waals surface area contributed by atoms with Gasteiger partial charge in [-0.05, 0) is 65.3 Å². The number of hydrogen-bond acceptors (Lipinski definition) is 9. The number of esters is 1. The number of aliphatic imine (C=N–C) groups is 1. The molecule has 0 fully saturated rings. The van der Waals surface area contributed by atoms with Crippen molar-refractivity contribution in [2.75, 3.05) is 27.4 Å². The van der Waals surface area contributed by atoms with E-state index in [9.17, 15) is 23.6 Å². The van der Waals surface area contributed by atoms with Gasteiger partial charge in [-0.15, -0.1) is 11.3 Å². The summed E-state index contributed by atoms with van der Waals surface area (Å²) in [6.45, 7) is 9.85. The third kappa shape index (κ3) is 7.04. The maximum Gasteiger partial charge on any atom is 0.348 e. The van der Waals surface area contributed by atoms with Crippen LogP contribution in [0.3, 0.4) is 0 Å². The smallest absolute Gasteiger partial charge is 0.348 e. The Morgan fingerprint density at radius 3 is 2.53 bits per heavy atom. The molecule has 11 nitrogen and oxygen atoms in total. The summed E-state index contributed by atoms with van der Waals surface area (Å²) in [5.41, 5.74) is -2.46. The fourth-order valence-corrected chi connectivity index (χ4v) is 5.88. The Bertz CT molecular complexity index is 1640. The van der Waals surface area contributed by atoms with Crippen LogP contribution in [0.5, 0.6) is 5.75 Å². The van der Waals surface area contributed by atoms with Crippen LogP contribution in [0.15, 0.2) is 32.8 Å². The second kappa shape index (κ2) is 14.1. The Labute approximate surface area is 253 Å². The third-order valence-corrected chi connectivity index (χ3v) is 8.14. The monoisotopic (exact) mass is 618 g/mol. The summed E-state index contributed by atoms with van der Waals surface area (Å²) in [7, 11) is 3.07. The zero-order chi connectivity index (χ0) is 32.1. The van der Waals surface area contributed by atoms with Crippen LogP contribution in [0.2, 0.25) is 0 Å². The van der Waals surface area contributed by atoms with Crippen LogP contribution in [-0.2, 0) is 26.4 Å². The first-order valence-corrected chi connectivity index (χ1v) is 14.7. The maximum absolute atomic E-state index is 14.5. The molecule has 0 aliphatic heterocycles. The summed E-state index contributed by atoms with van der Waals surface area (Å²) in [6.07, 6.45) is 1.18. The molecular formula is C30H39FN4O7S. The van der Waals surface area contributed by atoms with Crippen LogP contribution >= 0.6 is 11.3 Å². The molecule has 1 N–H and O–H groups in total. The molecule has 1 atom stereocenters. The molecule has 0 unspecified atom stereocenters. The lowest BCUT2D eigenvalue weighted by Gasteiger charge is -2.28. The average Bonchev–Trinajstić information content (AvgIpc) is 3.29. The average molecular weight is 619 g/mol. The normalized spacial score (nSPS) is 12.7. The predicted octanol–water partition coefficient (Wildman–Crippen LogP) is 3.97. The number of benzene rings is 1. The number of methoxy groups -OCH3 is 1. The van der Waals surface area contributed by atoms with Crippen LogP contribution in [-0.4, -0.2) is 60.6 Å². The van der Waals surface area contributed by atoms with Gasteiger partial charge in [-0.1, -0.05) is 0 Å². The molecule has 43 heavy (non-hydrogen) atoms. The zero-order valence-corrected chi connectivity index (χ0v) is 26.6. The van der Waals surface area contributed by atoms with Crippen molar-refractivity contribution in [2.24, 2.45) is 4.99 Å². The number of nitrogens with zero attached hydrogens (tertiary/aromatic N) is 3. The highest BCUT2D eigenvalue weighted by molar-refractivity contribution is 7.20. The van der Waals surface area contributed by atoms with E-state index < -0.39 is 40.6 Å². The molecule has 0 spiro atoms. The minimum absolute atomic E-state index is 0.0983. The van der Waals surface area contributed by atoms with Gasteiger partial charge in [-0.3, -0.25) is 14.2 Å². The molecule has 13 heteroatoms. The highest BCUT2D eigenvalue weighted by Gasteiger charge is 2.36. The molecular weight excluding hydrogens is 579 g/mol. The Morgan fingerprint density at radius 2 is 1.93 bits per heavy atom. The van der Waals surface area contributed by atoms with Crippen molar-refractivity contribution >= 4 is 39.6 Å². The van der Waals surface area contributed by atoms with Gasteiger partial charge in [0.05, 0.1) is 32.3 Å². The van der Waals surface area contributed by atoms with Crippen LogP contribution < -0.4 is 21.3 Å². The number of amides is 1. The molecule has 3 aromatic rings. The number of halogens is 1. The summed E-state index contributed by atoms with van der Waals surface area (Å²) >= 11 is 0.940. The zero-order valence-electron chi connectivity index (χ0n) is 25.8. The van der Waals surface area contributed by atoms with Crippen LogP contribution in [0, 0.1) is 12.7 Å². The summed E-state index contributed by atoms with van der Waals surface area (Å²) in [5.74, 6) is -1.38. The first kappa shape index (κ1) is 33.7. The molecule has 234 valence electrons. The Morgan fingerprint density at radius 1 is 1.23 bits per heavy atom. The topological polar surface area (TPSA) is 130 Å². The lowest BCUT2D eigenvalue weighted by Crippen LogP contribution is -2.56. The summed E-state index contributed by atoms with van der Waals surface area (Å²) in [6, 6.07) is 3.72. The fourth-order valence-electron chi connectivity index (χ4n) is 4.69. The van der Waals surface area contributed by atoms with Gasteiger partial charge in [0.25, 0.3) is 5.56 Å². The van der Waals surface area contributed by atoms with E-state index >= 15 is 0 Å². The van der Waals surface area contributed by atoms with E-state index in [1.807, 2.05) is 0 Å². The molecule has 2 heterocycles. The third-order valence-electron chi connectivity index (χ3n) is 6.84. The highest BCUT2D eigenvalue weighted by atomic mass is 32.1. The van der Waals surface area contributed by atoms with E-state index in [-0.39, 0.29) is 40.9 Å². The largest absolute Gasteiger partial charge is 0.496 e. The van der Waals surface area contributed by atoms with Gasteiger partial charge in [-0.25, -0.2) is 18.5 Å². The van der Waals surface area contributed by atoms with E-state index in [0.29, 0.717) is 23.3 Å². The number of fused-ring (bicyclic) bond motifs is 1. The quantitative estimate of drug-likeness (QED) is 0.174. The first-order chi connectivity index (χ1) is 20.3. The van der Waals surface area contributed by atoms with Crippen molar-refractivity contribution in [1.82, 2.24) is 14.5 Å². The van der Waals surface area contributed by atoms with Gasteiger partial charge >= 0.3 is 11.7 Å². The Kier molecular flexibility index (Phi) is 11.0. The standard InChI is InChI=1S/C30H39FN4O7S/c1-9-41-27(37)24-18(4)23-25(36)35(30(5,6)28(38)33-17(2)3)29(39)34(26(23)43-24)16-22(42-14-10-13-32-7)20-15-19(31)11-12-21(20)40-8/h11-13,15,17,22H,9-10,14,16H2,1-8H3,(H,33,38)/t22-/m0/s1. The van der Waals surface area contributed by atoms with E-state index in [1.165, 1.54) is 43.7 Å². The molecule has 0 bridgehead atoms. The van der Waals surface area contributed by atoms with Crippen molar-refractivity contribution in [2.45, 2.75) is 72.2 Å². The van der Waals surface area contributed by atoms with Crippen LogP contribution in [0.1, 0.15) is 67.9 Å². The number of aryl methyl sites for hydroxylation is 1. The summed E-state index contributed by atoms with van der Waals surface area (Å²) in [5, 5.41) is 2.87. The van der Waals surface area contributed by atoms with E-state index in [4.69, 9.17) is 14.2 Å². The highest BCUT2D eigenvalue weighted by Crippen LogP contribution is 2.33. The fraction of sp³-hybridized carbons (Fsp3) is 0.500. The molecule has 1 amide bonds. The number of hydrogen-bond donors (Lipinski definition) is 1. The van der Waals surface area contributed by atoms with Gasteiger partial charge in [0.1, 0.15) is 32.9 Å². The maximum atomic E-state index is 14.5.